The second-order valence-electron chi connectivity index (χ2n) is 6.74. The Labute approximate surface area is 174 Å². The molecule has 3 aromatic rings. The second kappa shape index (κ2) is 9.56. The summed E-state index contributed by atoms with van der Waals surface area (Å²) in [6.45, 7) is 4.00. The maximum Gasteiger partial charge on any atom is 0.313 e. The highest BCUT2D eigenvalue weighted by Crippen LogP contribution is 2.28. The second-order valence-corrected chi connectivity index (χ2v) is 6.74. The van der Waals surface area contributed by atoms with Gasteiger partial charge < -0.3 is 19.8 Å². The van der Waals surface area contributed by atoms with Gasteiger partial charge in [0.1, 0.15) is 23.0 Å². The number of aliphatic imine (C=N–C) groups is 1. The fraction of sp³-hybridized carbons (Fsp3) is 0.174. The van der Waals surface area contributed by atoms with Crippen LogP contribution < -0.4 is 15.4 Å². The minimum atomic E-state index is -0.744. The molecule has 7 heteroatoms. The van der Waals surface area contributed by atoms with Gasteiger partial charge in [0.05, 0.1) is 19.9 Å². The predicted octanol–water partition coefficient (Wildman–Crippen LogP) is 3.91. The van der Waals surface area contributed by atoms with Crippen LogP contribution in [0.25, 0.3) is 0 Å². The number of furan rings is 1. The Morgan fingerprint density at radius 2 is 1.73 bits per heavy atom. The fourth-order valence-electron chi connectivity index (χ4n) is 2.67. The molecule has 7 nitrogen and oxygen atoms in total. The molecule has 0 spiro atoms. The van der Waals surface area contributed by atoms with Crippen molar-refractivity contribution in [1.29, 1.82) is 0 Å². The number of carbonyl (C=O) groups is 2. The molecule has 0 atom stereocenters. The smallest absolute Gasteiger partial charge is 0.313 e. The van der Waals surface area contributed by atoms with Gasteiger partial charge in [-0.25, -0.2) is 4.99 Å². The fourth-order valence-corrected chi connectivity index (χ4v) is 2.67. The highest BCUT2D eigenvalue weighted by molar-refractivity contribution is 6.39. The van der Waals surface area contributed by atoms with Crippen molar-refractivity contribution in [3.8, 4) is 5.75 Å². The summed E-state index contributed by atoms with van der Waals surface area (Å²) in [5.74, 6) is 0.206. The number of hydrogen-bond donors (Lipinski definition) is 2. The molecule has 154 valence electrons. The lowest BCUT2D eigenvalue weighted by Gasteiger charge is -2.06. The predicted molar refractivity (Wildman–Crippen MR) is 115 cm³/mol. The lowest BCUT2D eigenvalue weighted by molar-refractivity contribution is -0.136. The zero-order valence-corrected chi connectivity index (χ0v) is 17.1. The van der Waals surface area contributed by atoms with Crippen molar-refractivity contribution in [1.82, 2.24) is 5.32 Å². The lowest BCUT2D eigenvalue weighted by Crippen LogP contribution is -2.34. The zero-order chi connectivity index (χ0) is 21.5. The number of hydrogen-bond acceptors (Lipinski definition) is 5. The van der Waals surface area contributed by atoms with Gasteiger partial charge in [0.25, 0.3) is 0 Å². The average molecular weight is 405 g/mol. The number of anilines is 1. The first-order valence-corrected chi connectivity index (χ1v) is 9.38. The minimum absolute atomic E-state index is 0.0851. The first-order valence-electron chi connectivity index (χ1n) is 9.38. The Morgan fingerprint density at radius 1 is 1.00 bits per heavy atom. The number of amides is 2. The Balaban J connectivity index is 1.55. The van der Waals surface area contributed by atoms with Crippen molar-refractivity contribution in [3.05, 3.63) is 77.2 Å². The van der Waals surface area contributed by atoms with Crippen LogP contribution >= 0.6 is 0 Å². The third-order valence-corrected chi connectivity index (χ3v) is 4.29. The molecule has 2 aromatic carbocycles. The highest BCUT2D eigenvalue weighted by atomic mass is 16.5. The van der Waals surface area contributed by atoms with Gasteiger partial charge >= 0.3 is 11.8 Å². The van der Waals surface area contributed by atoms with Crippen LogP contribution in [0, 0.1) is 13.8 Å². The van der Waals surface area contributed by atoms with E-state index in [4.69, 9.17) is 9.15 Å². The summed E-state index contributed by atoms with van der Waals surface area (Å²) >= 11 is 0. The van der Waals surface area contributed by atoms with E-state index in [1.807, 2.05) is 44.2 Å². The molecule has 30 heavy (non-hydrogen) atoms. The lowest BCUT2D eigenvalue weighted by atomic mass is 10.2. The highest BCUT2D eigenvalue weighted by Gasteiger charge is 2.14. The monoisotopic (exact) mass is 405 g/mol. The first kappa shape index (κ1) is 20.9. The molecule has 0 saturated heterocycles. The third kappa shape index (κ3) is 5.57. The van der Waals surface area contributed by atoms with Crippen LogP contribution in [-0.4, -0.2) is 25.1 Å². The molecule has 0 radical (unpaired) electrons. The van der Waals surface area contributed by atoms with Crippen molar-refractivity contribution >= 4 is 29.4 Å². The van der Waals surface area contributed by atoms with Gasteiger partial charge in [-0.3, -0.25) is 9.59 Å². The van der Waals surface area contributed by atoms with E-state index in [1.165, 1.54) is 0 Å². The molecule has 3 rings (SSSR count). The molecule has 0 unspecified atom stereocenters. The summed E-state index contributed by atoms with van der Waals surface area (Å²) in [5.41, 5.74) is 3.38. The maximum atomic E-state index is 12.0. The van der Waals surface area contributed by atoms with Crippen LogP contribution in [0.5, 0.6) is 5.75 Å². The summed E-state index contributed by atoms with van der Waals surface area (Å²) in [6, 6.07) is 16.3. The van der Waals surface area contributed by atoms with Crippen molar-refractivity contribution in [2.75, 3.05) is 12.4 Å². The molecule has 0 aliphatic heterocycles. The number of rotatable bonds is 6. The largest absolute Gasteiger partial charge is 0.494 e. The first-order chi connectivity index (χ1) is 14.4. The third-order valence-electron chi connectivity index (χ3n) is 4.29. The summed E-state index contributed by atoms with van der Waals surface area (Å²) in [7, 11) is 1.59. The minimum Gasteiger partial charge on any atom is -0.494 e. The van der Waals surface area contributed by atoms with Gasteiger partial charge in [-0.15, -0.1) is 0 Å². The van der Waals surface area contributed by atoms with E-state index >= 15 is 0 Å². The van der Waals surface area contributed by atoms with E-state index in [1.54, 1.807) is 37.6 Å². The van der Waals surface area contributed by atoms with E-state index in [0.29, 0.717) is 28.6 Å². The van der Waals surface area contributed by atoms with Crippen LogP contribution in [0.4, 0.5) is 11.4 Å². The number of nitrogens with zero attached hydrogens (tertiary/aromatic N) is 1. The Bertz CT molecular complexity index is 1070. The van der Waals surface area contributed by atoms with Crippen LogP contribution in [0.1, 0.15) is 22.6 Å². The van der Waals surface area contributed by atoms with Gasteiger partial charge in [0.15, 0.2) is 0 Å². The summed E-state index contributed by atoms with van der Waals surface area (Å²) in [6.07, 6.45) is 1.58. The Hall–Kier alpha value is -3.87. The number of nitrogens with one attached hydrogen (secondary N) is 2. The summed E-state index contributed by atoms with van der Waals surface area (Å²) < 4.78 is 10.9. The van der Waals surface area contributed by atoms with Gasteiger partial charge in [0, 0.05) is 5.69 Å². The number of carbonyl (C=O) groups excluding carboxylic acids is 2. The number of aryl methyl sites for hydroxylation is 2. The Morgan fingerprint density at radius 3 is 2.47 bits per heavy atom. The quantitative estimate of drug-likeness (QED) is 0.480. The van der Waals surface area contributed by atoms with Crippen LogP contribution in [-0.2, 0) is 16.1 Å². The molecule has 0 aliphatic carbocycles. The molecule has 0 aliphatic rings. The topological polar surface area (TPSA) is 92.9 Å². The molecule has 2 N–H and O–H groups in total. The van der Waals surface area contributed by atoms with Crippen LogP contribution in [0.2, 0.25) is 0 Å². The van der Waals surface area contributed by atoms with E-state index in [9.17, 15) is 9.59 Å². The van der Waals surface area contributed by atoms with Gasteiger partial charge in [-0.2, -0.15) is 0 Å². The molecule has 0 fully saturated rings. The van der Waals surface area contributed by atoms with Crippen molar-refractivity contribution in [3.63, 3.8) is 0 Å². The SMILES string of the molecule is COc1ccc(C)cc1N=Cc1ccc(CNC(=O)C(=O)Nc2ccc(C)cc2)o1. The molecule has 0 bridgehead atoms. The molecular formula is C23H23N3O4. The molecule has 2 amide bonds. The average Bonchev–Trinajstić information content (AvgIpc) is 3.20. The zero-order valence-electron chi connectivity index (χ0n) is 17.1. The van der Waals surface area contributed by atoms with Crippen molar-refractivity contribution < 1.29 is 18.7 Å². The maximum absolute atomic E-state index is 12.0. The van der Waals surface area contributed by atoms with E-state index in [2.05, 4.69) is 15.6 Å². The number of benzene rings is 2. The molecule has 0 saturated carbocycles. The van der Waals surface area contributed by atoms with Crippen molar-refractivity contribution in [2.45, 2.75) is 20.4 Å². The van der Waals surface area contributed by atoms with E-state index in [-0.39, 0.29) is 6.54 Å². The summed E-state index contributed by atoms with van der Waals surface area (Å²) in [5, 5.41) is 5.08. The normalized spacial score (nSPS) is 10.8. The molecule has 1 aromatic heterocycles. The van der Waals surface area contributed by atoms with E-state index < -0.39 is 11.8 Å². The van der Waals surface area contributed by atoms with Gasteiger partial charge in [0.2, 0.25) is 0 Å². The van der Waals surface area contributed by atoms with Crippen molar-refractivity contribution in [2.24, 2.45) is 4.99 Å². The van der Waals surface area contributed by atoms with Crippen LogP contribution in [0.15, 0.2) is 64.0 Å². The van der Waals surface area contributed by atoms with Gasteiger partial charge in [-0.05, 0) is 55.8 Å². The summed E-state index contributed by atoms with van der Waals surface area (Å²) in [4.78, 5) is 28.4. The van der Waals surface area contributed by atoms with Crippen LogP contribution in [0.3, 0.4) is 0 Å². The molecule has 1 heterocycles. The number of methoxy groups -OCH3 is 1. The standard InChI is InChI=1S/C23H23N3O4/c1-15-4-7-17(8-5-15)26-23(28)22(27)25-14-19-10-9-18(30-19)13-24-20-12-16(2)6-11-21(20)29-3/h4-13H,14H2,1-3H3,(H,25,27)(H,26,28). The van der Waals surface area contributed by atoms with E-state index in [0.717, 1.165) is 11.1 Å². The van der Waals surface area contributed by atoms with Gasteiger partial charge in [-0.1, -0.05) is 23.8 Å². The molecular weight excluding hydrogens is 382 g/mol. The number of ether oxygens (including phenoxy) is 1. The Kier molecular flexibility index (Phi) is 6.64.